The molecule has 8 heavy (non-hydrogen) atoms. The molecule has 1 N–H and O–H groups in total. The average Bonchev–Trinajstić information content (AvgIpc) is 1.21. The van der Waals surface area contributed by atoms with Crippen molar-refractivity contribution in [2.75, 3.05) is 0 Å². The second-order valence-corrected chi connectivity index (χ2v) is 2.25. The van der Waals surface area contributed by atoms with Crippen molar-refractivity contribution in [2.45, 2.75) is 26.6 Å². The normalized spacial score (nSPS) is 11.0. The maximum absolute atomic E-state index is 8.91. The lowest BCUT2D eigenvalue weighted by Crippen LogP contribution is -2.21. The minimum atomic E-state index is -1.08. The van der Waals surface area contributed by atoms with Crippen molar-refractivity contribution in [3.8, 4) is 0 Å². The summed E-state index contributed by atoms with van der Waals surface area (Å²) in [6, 6.07) is 0. The highest BCUT2D eigenvalue weighted by atomic mass is 16.6. The molecule has 0 aromatic carbocycles. The summed E-state index contributed by atoms with van der Waals surface area (Å²) in [5.41, 5.74) is 0. The minimum Gasteiger partial charge on any atom is -0.468 e. The molecule has 0 spiro atoms. The summed E-state index contributed by atoms with van der Waals surface area (Å²) in [6.45, 7) is 8.27. The van der Waals surface area contributed by atoms with Crippen LogP contribution in [-0.2, 0) is 4.74 Å². The number of rotatable bonds is 2. The molecule has 0 aliphatic heterocycles. The maximum Gasteiger partial charge on any atom is 0.201 e. The molecule has 0 radical (unpaired) electrons. The van der Waals surface area contributed by atoms with Crippen LogP contribution in [0.3, 0.4) is 0 Å². The second-order valence-electron chi connectivity index (χ2n) is 2.25. The van der Waals surface area contributed by atoms with Gasteiger partial charge in [0.05, 0.1) is 5.76 Å². The average molecular weight is 116 g/mol. The largest absolute Gasteiger partial charge is 0.468 e. The molecule has 0 aliphatic carbocycles. The third-order valence-electron chi connectivity index (χ3n) is 0.424. The van der Waals surface area contributed by atoms with Crippen molar-refractivity contribution < 1.29 is 9.84 Å². The van der Waals surface area contributed by atoms with E-state index >= 15 is 0 Å². The lowest BCUT2D eigenvalue weighted by molar-refractivity contribution is -0.146. The number of hydrogen-bond donors (Lipinski definition) is 1. The van der Waals surface area contributed by atoms with Gasteiger partial charge in [-0.3, -0.25) is 0 Å². The SMILES string of the molecule is C=C(C)OC(C)(C)O. The molecule has 0 unspecified atom stereocenters. The lowest BCUT2D eigenvalue weighted by Gasteiger charge is -2.18. The van der Waals surface area contributed by atoms with Gasteiger partial charge in [0.15, 0.2) is 0 Å². The maximum atomic E-state index is 8.91. The van der Waals surface area contributed by atoms with Crippen molar-refractivity contribution in [1.82, 2.24) is 0 Å². The molecule has 0 amide bonds. The highest BCUT2D eigenvalue weighted by molar-refractivity contribution is 4.76. The van der Waals surface area contributed by atoms with E-state index in [1.54, 1.807) is 20.8 Å². The Morgan fingerprint density at radius 1 is 1.62 bits per heavy atom. The molecule has 2 heteroatoms. The third-order valence-corrected chi connectivity index (χ3v) is 0.424. The van der Waals surface area contributed by atoms with Gasteiger partial charge >= 0.3 is 0 Å². The summed E-state index contributed by atoms with van der Waals surface area (Å²) >= 11 is 0. The summed E-state index contributed by atoms with van der Waals surface area (Å²) < 4.78 is 4.80. The zero-order valence-corrected chi connectivity index (χ0v) is 5.56. The van der Waals surface area contributed by atoms with E-state index < -0.39 is 5.79 Å². The Labute approximate surface area is 49.8 Å². The van der Waals surface area contributed by atoms with Gasteiger partial charge in [0.2, 0.25) is 5.79 Å². The van der Waals surface area contributed by atoms with Crippen molar-refractivity contribution in [2.24, 2.45) is 0 Å². The Balaban J connectivity index is 3.55. The van der Waals surface area contributed by atoms with Crippen molar-refractivity contribution in [3.63, 3.8) is 0 Å². The molecule has 0 heterocycles. The number of allylic oxidation sites excluding steroid dienone is 1. The molecule has 0 aromatic rings. The van der Waals surface area contributed by atoms with Crippen LogP contribution in [0.25, 0.3) is 0 Å². The summed E-state index contributed by atoms with van der Waals surface area (Å²) in [7, 11) is 0. The van der Waals surface area contributed by atoms with Crippen LogP contribution in [0.1, 0.15) is 20.8 Å². The smallest absolute Gasteiger partial charge is 0.201 e. The quantitative estimate of drug-likeness (QED) is 0.435. The first-order valence-electron chi connectivity index (χ1n) is 2.49. The molecule has 0 bridgehead atoms. The first-order chi connectivity index (χ1) is 3.42. The molecular weight excluding hydrogens is 104 g/mol. The van der Waals surface area contributed by atoms with E-state index in [9.17, 15) is 0 Å². The van der Waals surface area contributed by atoms with Crippen molar-refractivity contribution in [3.05, 3.63) is 12.3 Å². The standard InChI is InChI=1S/C6H12O2/c1-5(2)8-6(3,4)7/h7H,1H2,2-4H3. The molecule has 0 atom stereocenters. The fraction of sp³-hybridized carbons (Fsp3) is 0.667. The molecule has 0 aromatic heterocycles. The van der Waals surface area contributed by atoms with Gasteiger partial charge in [-0.05, 0) is 6.92 Å². The zero-order valence-electron chi connectivity index (χ0n) is 5.56. The van der Waals surface area contributed by atoms with Gasteiger partial charge in [-0.25, -0.2) is 0 Å². The van der Waals surface area contributed by atoms with Crippen LogP contribution in [0.5, 0.6) is 0 Å². The fourth-order valence-electron chi connectivity index (χ4n) is 0.426. The van der Waals surface area contributed by atoms with E-state index in [-0.39, 0.29) is 0 Å². The van der Waals surface area contributed by atoms with Crippen LogP contribution in [0, 0.1) is 0 Å². The topological polar surface area (TPSA) is 29.5 Å². The Kier molecular flexibility index (Phi) is 2.04. The molecule has 0 saturated heterocycles. The van der Waals surface area contributed by atoms with Gasteiger partial charge in [0.1, 0.15) is 0 Å². The predicted octanol–water partition coefficient (Wildman–Crippen LogP) is 1.26. The molecule has 0 saturated carbocycles. The van der Waals surface area contributed by atoms with Gasteiger partial charge in [0.25, 0.3) is 0 Å². The van der Waals surface area contributed by atoms with Gasteiger partial charge in [0, 0.05) is 13.8 Å². The molecule has 0 rings (SSSR count). The second kappa shape index (κ2) is 2.18. The molecule has 0 aliphatic rings. The van der Waals surface area contributed by atoms with Crippen molar-refractivity contribution in [1.29, 1.82) is 0 Å². The Morgan fingerprint density at radius 3 is 2.00 bits per heavy atom. The van der Waals surface area contributed by atoms with E-state index in [4.69, 9.17) is 9.84 Å². The summed E-state index contributed by atoms with van der Waals surface area (Å²) in [5, 5.41) is 8.91. The van der Waals surface area contributed by atoms with Gasteiger partial charge in [-0.2, -0.15) is 0 Å². The first-order valence-corrected chi connectivity index (χ1v) is 2.49. The van der Waals surface area contributed by atoms with E-state index in [1.165, 1.54) is 0 Å². The van der Waals surface area contributed by atoms with Gasteiger partial charge in [-0.15, -0.1) is 0 Å². The molecule has 0 fully saturated rings. The predicted molar refractivity (Wildman–Crippen MR) is 32.2 cm³/mol. The van der Waals surface area contributed by atoms with E-state index in [2.05, 4.69) is 6.58 Å². The zero-order chi connectivity index (χ0) is 6.78. The lowest BCUT2D eigenvalue weighted by atomic mass is 10.4. The Hall–Kier alpha value is -0.500. The number of hydrogen-bond acceptors (Lipinski definition) is 2. The minimum absolute atomic E-state index is 0.525. The summed E-state index contributed by atoms with van der Waals surface area (Å²) in [6.07, 6.45) is 0. The Bertz CT molecular complexity index is 89.2. The molecule has 48 valence electrons. The Morgan fingerprint density at radius 2 is 2.00 bits per heavy atom. The van der Waals surface area contributed by atoms with Crippen molar-refractivity contribution >= 4 is 0 Å². The highest BCUT2D eigenvalue weighted by Crippen LogP contribution is 2.07. The van der Waals surface area contributed by atoms with E-state index in [1.807, 2.05) is 0 Å². The van der Waals surface area contributed by atoms with E-state index in [0.29, 0.717) is 5.76 Å². The summed E-state index contributed by atoms with van der Waals surface area (Å²) in [5.74, 6) is -0.552. The number of ether oxygens (including phenoxy) is 1. The number of aliphatic hydroxyl groups is 1. The van der Waals surface area contributed by atoms with E-state index in [0.717, 1.165) is 0 Å². The van der Waals surface area contributed by atoms with Crippen LogP contribution >= 0.6 is 0 Å². The van der Waals surface area contributed by atoms with Crippen LogP contribution in [0.4, 0.5) is 0 Å². The van der Waals surface area contributed by atoms with Gasteiger partial charge in [-0.1, -0.05) is 6.58 Å². The molecule has 2 nitrogen and oxygen atoms in total. The fourth-order valence-corrected chi connectivity index (χ4v) is 0.426. The summed E-state index contributed by atoms with van der Waals surface area (Å²) in [4.78, 5) is 0. The highest BCUT2D eigenvalue weighted by Gasteiger charge is 2.11. The van der Waals surface area contributed by atoms with Crippen LogP contribution in [0.2, 0.25) is 0 Å². The van der Waals surface area contributed by atoms with Gasteiger partial charge < -0.3 is 9.84 Å². The molecular formula is C6H12O2. The monoisotopic (exact) mass is 116 g/mol. The first kappa shape index (κ1) is 7.50. The van der Waals surface area contributed by atoms with Crippen LogP contribution in [-0.4, -0.2) is 10.9 Å². The van der Waals surface area contributed by atoms with Crippen LogP contribution < -0.4 is 0 Å². The van der Waals surface area contributed by atoms with Crippen LogP contribution in [0.15, 0.2) is 12.3 Å². The third kappa shape index (κ3) is 5.50.